The highest BCUT2D eigenvalue weighted by Crippen LogP contribution is 2.20. The van der Waals surface area contributed by atoms with Gasteiger partial charge in [-0.25, -0.2) is 0 Å². The number of hydrogen-bond donors (Lipinski definition) is 2. The lowest BCUT2D eigenvalue weighted by Gasteiger charge is -2.06. The first-order valence-corrected chi connectivity index (χ1v) is 5.67. The Hall–Kier alpha value is -0.950. The smallest absolute Gasteiger partial charge is 0.120 e. The van der Waals surface area contributed by atoms with E-state index in [4.69, 9.17) is 16.9 Å². The molecule has 0 aliphatic carbocycles. The van der Waals surface area contributed by atoms with Crippen molar-refractivity contribution in [1.29, 1.82) is 5.26 Å². The highest BCUT2D eigenvalue weighted by atomic mass is 35.5. The Bertz CT molecular complexity index is 377. The molecule has 0 saturated carbocycles. The lowest BCUT2D eigenvalue weighted by Crippen LogP contribution is -2.14. The van der Waals surface area contributed by atoms with Crippen LogP contribution in [0.2, 0.25) is 5.02 Å². The fraction of sp³-hybridized carbons (Fsp3) is 0.417. The van der Waals surface area contributed by atoms with Crippen molar-refractivity contribution >= 4 is 24.0 Å². The van der Waals surface area contributed by atoms with Crippen molar-refractivity contribution in [3.05, 3.63) is 28.8 Å². The number of nitrogens with one attached hydrogen (secondary N) is 1. The van der Waals surface area contributed by atoms with E-state index in [1.54, 1.807) is 18.2 Å². The van der Waals surface area contributed by atoms with E-state index < -0.39 is 0 Å². The van der Waals surface area contributed by atoms with Gasteiger partial charge in [-0.1, -0.05) is 11.6 Å². The van der Waals surface area contributed by atoms with Crippen molar-refractivity contribution in [2.24, 2.45) is 0 Å². The summed E-state index contributed by atoms with van der Waals surface area (Å²) in [6.07, 6.45) is 2.48. The van der Waals surface area contributed by atoms with E-state index in [0.29, 0.717) is 18.0 Å². The van der Waals surface area contributed by atoms with Crippen LogP contribution in [-0.2, 0) is 6.54 Å². The Morgan fingerprint density at radius 3 is 2.82 bits per heavy atom. The van der Waals surface area contributed by atoms with E-state index in [-0.39, 0.29) is 18.2 Å². The zero-order valence-corrected chi connectivity index (χ0v) is 11.0. The van der Waals surface area contributed by atoms with Crippen LogP contribution < -0.4 is 5.32 Å². The predicted molar refractivity (Wildman–Crippen MR) is 71.5 cm³/mol. The Kier molecular flexibility index (Phi) is 8.61. The molecule has 5 heteroatoms. The summed E-state index contributed by atoms with van der Waals surface area (Å²) in [6, 6.07) is 7.11. The number of unbranched alkanes of at least 4 members (excludes halogenated alkanes) is 2. The topological polar surface area (TPSA) is 56.0 Å². The lowest BCUT2D eigenvalue weighted by molar-refractivity contribution is 0.464. The zero-order chi connectivity index (χ0) is 11.8. The summed E-state index contributed by atoms with van der Waals surface area (Å²) in [5.41, 5.74) is 0.799. The molecule has 0 fully saturated rings. The molecule has 0 spiro atoms. The average Bonchev–Trinajstić information content (AvgIpc) is 2.28. The van der Waals surface area contributed by atoms with Gasteiger partial charge in [0.25, 0.3) is 0 Å². The molecule has 2 N–H and O–H groups in total. The molecule has 0 aliphatic rings. The number of phenolic OH excluding ortho intramolecular Hbond substituents is 1. The van der Waals surface area contributed by atoms with E-state index in [1.165, 1.54) is 0 Å². The molecule has 0 unspecified atom stereocenters. The fourth-order valence-electron chi connectivity index (χ4n) is 1.37. The zero-order valence-electron chi connectivity index (χ0n) is 9.45. The maximum absolute atomic E-state index is 9.53. The minimum Gasteiger partial charge on any atom is -0.508 e. The fourth-order valence-corrected chi connectivity index (χ4v) is 1.57. The normalized spacial score (nSPS) is 9.41. The van der Waals surface area contributed by atoms with Gasteiger partial charge in [0, 0.05) is 23.6 Å². The quantitative estimate of drug-likeness (QED) is 0.783. The van der Waals surface area contributed by atoms with Gasteiger partial charge in [-0.05, 0) is 37.6 Å². The van der Waals surface area contributed by atoms with Gasteiger partial charge in [0.2, 0.25) is 0 Å². The number of rotatable bonds is 6. The largest absolute Gasteiger partial charge is 0.508 e. The van der Waals surface area contributed by atoms with E-state index in [2.05, 4.69) is 11.4 Å². The van der Waals surface area contributed by atoms with Crippen molar-refractivity contribution in [2.75, 3.05) is 6.54 Å². The molecule has 0 aliphatic heterocycles. The van der Waals surface area contributed by atoms with E-state index >= 15 is 0 Å². The number of phenols is 1. The van der Waals surface area contributed by atoms with Crippen molar-refractivity contribution in [3.63, 3.8) is 0 Å². The molecule has 3 nitrogen and oxygen atoms in total. The molecule has 1 aromatic rings. The van der Waals surface area contributed by atoms with E-state index in [1.807, 2.05) is 0 Å². The molecular weight excluding hydrogens is 259 g/mol. The third-order valence-corrected chi connectivity index (χ3v) is 2.48. The minimum absolute atomic E-state index is 0. The molecule has 0 bridgehead atoms. The van der Waals surface area contributed by atoms with Gasteiger partial charge in [0.15, 0.2) is 0 Å². The Morgan fingerprint density at radius 2 is 2.12 bits per heavy atom. The van der Waals surface area contributed by atoms with Gasteiger partial charge in [-0.15, -0.1) is 12.4 Å². The second-order valence-corrected chi connectivity index (χ2v) is 4.00. The Morgan fingerprint density at radius 1 is 1.35 bits per heavy atom. The van der Waals surface area contributed by atoms with Crippen LogP contribution in [-0.4, -0.2) is 11.7 Å². The molecule has 0 heterocycles. The predicted octanol–water partition coefficient (Wildman–Crippen LogP) is 3.25. The molecule has 0 aromatic heterocycles. The summed E-state index contributed by atoms with van der Waals surface area (Å²) >= 11 is 5.82. The summed E-state index contributed by atoms with van der Waals surface area (Å²) in [5.74, 6) is 0.258. The number of halogens is 2. The van der Waals surface area contributed by atoms with Crippen LogP contribution in [0.25, 0.3) is 0 Å². The monoisotopic (exact) mass is 274 g/mol. The van der Waals surface area contributed by atoms with Crippen LogP contribution in [0.4, 0.5) is 0 Å². The SMILES string of the molecule is Cl.N#CCCCCNCc1cc(Cl)ccc1O. The maximum Gasteiger partial charge on any atom is 0.120 e. The summed E-state index contributed by atoms with van der Waals surface area (Å²) in [7, 11) is 0. The van der Waals surface area contributed by atoms with Gasteiger partial charge in [-0.3, -0.25) is 0 Å². The first kappa shape index (κ1) is 16.1. The van der Waals surface area contributed by atoms with Crippen molar-refractivity contribution in [2.45, 2.75) is 25.8 Å². The highest BCUT2D eigenvalue weighted by Gasteiger charge is 2.01. The average molecular weight is 275 g/mol. The number of nitrogens with zero attached hydrogens (tertiary/aromatic N) is 1. The molecule has 1 aromatic carbocycles. The van der Waals surface area contributed by atoms with Crippen molar-refractivity contribution < 1.29 is 5.11 Å². The standard InChI is InChI=1S/C12H15ClN2O.ClH/c13-11-4-5-12(16)10(8-11)9-15-7-3-1-2-6-14;/h4-5,8,15-16H,1-3,7,9H2;1H. The number of aromatic hydroxyl groups is 1. The number of hydrogen-bond acceptors (Lipinski definition) is 3. The molecular formula is C12H16Cl2N2O. The molecule has 94 valence electrons. The van der Waals surface area contributed by atoms with E-state index in [9.17, 15) is 5.11 Å². The highest BCUT2D eigenvalue weighted by molar-refractivity contribution is 6.30. The third kappa shape index (κ3) is 6.38. The van der Waals surface area contributed by atoms with Crippen molar-refractivity contribution in [3.8, 4) is 11.8 Å². The first-order chi connectivity index (χ1) is 7.74. The van der Waals surface area contributed by atoms with Crippen molar-refractivity contribution in [1.82, 2.24) is 5.32 Å². The maximum atomic E-state index is 9.53. The molecule has 1 rings (SSSR count). The third-order valence-electron chi connectivity index (χ3n) is 2.25. The molecule has 0 amide bonds. The van der Waals surface area contributed by atoms with Gasteiger partial charge >= 0.3 is 0 Å². The van der Waals surface area contributed by atoms with Crippen LogP contribution in [0.5, 0.6) is 5.75 Å². The van der Waals surface area contributed by atoms with Crippen LogP contribution >= 0.6 is 24.0 Å². The molecule has 0 saturated heterocycles. The Labute approximate surface area is 113 Å². The summed E-state index contributed by atoms with van der Waals surface area (Å²) < 4.78 is 0. The second-order valence-electron chi connectivity index (χ2n) is 3.57. The van der Waals surface area contributed by atoms with Gasteiger partial charge in [0.1, 0.15) is 5.75 Å². The van der Waals surface area contributed by atoms with Gasteiger partial charge in [-0.2, -0.15) is 5.26 Å². The second kappa shape index (κ2) is 9.12. The summed E-state index contributed by atoms with van der Waals surface area (Å²) in [4.78, 5) is 0. The van der Waals surface area contributed by atoms with Gasteiger partial charge < -0.3 is 10.4 Å². The number of benzene rings is 1. The van der Waals surface area contributed by atoms with Crippen LogP contribution in [0, 0.1) is 11.3 Å². The summed E-state index contributed by atoms with van der Waals surface area (Å²) in [5, 5.41) is 21.7. The Balaban J connectivity index is 0.00000256. The van der Waals surface area contributed by atoms with Crippen LogP contribution in [0.1, 0.15) is 24.8 Å². The number of nitriles is 1. The summed E-state index contributed by atoms with van der Waals surface area (Å²) in [6.45, 7) is 1.44. The first-order valence-electron chi connectivity index (χ1n) is 5.29. The molecule has 17 heavy (non-hydrogen) atoms. The lowest BCUT2D eigenvalue weighted by atomic mass is 10.2. The van der Waals surface area contributed by atoms with Crippen LogP contribution in [0.3, 0.4) is 0 Å². The molecule has 0 radical (unpaired) electrons. The van der Waals surface area contributed by atoms with Crippen LogP contribution in [0.15, 0.2) is 18.2 Å². The van der Waals surface area contributed by atoms with Gasteiger partial charge in [0.05, 0.1) is 6.07 Å². The van der Waals surface area contributed by atoms with E-state index in [0.717, 1.165) is 24.9 Å². The minimum atomic E-state index is 0. The molecule has 0 atom stereocenters.